The third kappa shape index (κ3) is 1.54. The molecule has 0 aliphatic rings. The number of aromatic amines is 1. The van der Waals surface area contributed by atoms with E-state index in [1.807, 2.05) is 37.3 Å². The first kappa shape index (κ1) is 9.84. The van der Waals surface area contributed by atoms with Gasteiger partial charge in [-0.1, -0.05) is 6.07 Å². The molecule has 0 aliphatic heterocycles. The van der Waals surface area contributed by atoms with E-state index in [9.17, 15) is 0 Å². The standard InChI is InChI=1S/C13H12N4/c1-8-16-11-6-5-9(12(14)13(11)17-8)10-4-2-3-7-15-10/h2-7H,14H2,1H3,(H,16,17). The first-order valence-electron chi connectivity index (χ1n) is 5.42. The lowest BCUT2D eigenvalue weighted by Gasteiger charge is -2.04. The number of pyridine rings is 1. The van der Waals surface area contributed by atoms with Gasteiger partial charge < -0.3 is 10.7 Å². The van der Waals surface area contributed by atoms with Crippen molar-refractivity contribution in [1.82, 2.24) is 15.0 Å². The molecule has 2 heterocycles. The van der Waals surface area contributed by atoms with Crippen LogP contribution < -0.4 is 5.73 Å². The van der Waals surface area contributed by atoms with Crippen LogP contribution in [0.2, 0.25) is 0 Å². The first-order valence-corrected chi connectivity index (χ1v) is 5.42. The number of aromatic nitrogens is 3. The Morgan fingerprint density at radius 2 is 2.06 bits per heavy atom. The Morgan fingerprint density at radius 3 is 2.82 bits per heavy atom. The monoisotopic (exact) mass is 224 g/mol. The van der Waals surface area contributed by atoms with Crippen molar-refractivity contribution in [3.05, 3.63) is 42.4 Å². The number of imidazole rings is 1. The molecule has 0 amide bonds. The van der Waals surface area contributed by atoms with Crippen LogP contribution in [0.4, 0.5) is 5.69 Å². The average molecular weight is 224 g/mol. The van der Waals surface area contributed by atoms with Crippen LogP contribution in [-0.2, 0) is 0 Å². The van der Waals surface area contributed by atoms with Crippen molar-refractivity contribution < 1.29 is 0 Å². The minimum atomic E-state index is 0.672. The maximum absolute atomic E-state index is 6.14. The number of nitrogens with one attached hydrogen (secondary N) is 1. The van der Waals surface area contributed by atoms with Crippen molar-refractivity contribution in [2.75, 3.05) is 5.73 Å². The fraction of sp³-hybridized carbons (Fsp3) is 0.0769. The molecule has 4 nitrogen and oxygen atoms in total. The summed E-state index contributed by atoms with van der Waals surface area (Å²) in [6.45, 7) is 1.92. The van der Waals surface area contributed by atoms with Crippen molar-refractivity contribution in [1.29, 1.82) is 0 Å². The van der Waals surface area contributed by atoms with Gasteiger partial charge in [0.2, 0.25) is 0 Å². The summed E-state index contributed by atoms with van der Waals surface area (Å²) < 4.78 is 0. The largest absolute Gasteiger partial charge is 0.396 e. The van der Waals surface area contributed by atoms with E-state index in [2.05, 4.69) is 15.0 Å². The Kier molecular flexibility index (Phi) is 2.08. The summed E-state index contributed by atoms with van der Waals surface area (Å²) in [5.74, 6) is 0.866. The third-order valence-corrected chi connectivity index (χ3v) is 2.75. The Hall–Kier alpha value is -2.36. The lowest BCUT2D eigenvalue weighted by molar-refractivity contribution is 1.17. The van der Waals surface area contributed by atoms with Gasteiger partial charge in [0.1, 0.15) is 11.3 Å². The van der Waals surface area contributed by atoms with Crippen LogP contribution >= 0.6 is 0 Å². The smallest absolute Gasteiger partial charge is 0.112 e. The Morgan fingerprint density at radius 1 is 1.18 bits per heavy atom. The first-order chi connectivity index (χ1) is 8.25. The topological polar surface area (TPSA) is 67.6 Å². The number of benzene rings is 1. The van der Waals surface area contributed by atoms with Gasteiger partial charge in [0.25, 0.3) is 0 Å². The maximum Gasteiger partial charge on any atom is 0.112 e. The van der Waals surface area contributed by atoms with Gasteiger partial charge in [-0.25, -0.2) is 4.98 Å². The Balaban J connectivity index is 2.28. The zero-order valence-corrected chi connectivity index (χ0v) is 9.44. The summed E-state index contributed by atoms with van der Waals surface area (Å²) in [5.41, 5.74) is 10.4. The van der Waals surface area contributed by atoms with E-state index in [4.69, 9.17) is 5.73 Å². The second kappa shape index (κ2) is 3.59. The van der Waals surface area contributed by atoms with Crippen LogP contribution in [0.15, 0.2) is 36.5 Å². The highest BCUT2D eigenvalue weighted by molar-refractivity contribution is 5.95. The number of aryl methyl sites for hydroxylation is 1. The molecule has 0 radical (unpaired) electrons. The summed E-state index contributed by atoms with van der Waals surface area (Å²) in [5, 5.41) is 0. The summed E-state index contributed by atoms with van der Waals surface area (Å²) in [6.07, 6.45) is 1.76. The number of hydrogen-bond acceptors (Lipinski definition) is 3. The molecule has 84 valence electrons. The molecule has 2 aromatic heterocycles. The van der Waals surface area contributed by atoms with Gasteiger partial charge >= 0.3 is 0 Å². The van der Waals surface area contributed by atoms with Gasteiger partial charge in [0, 0.05) is 11.8 Å². The Bertz CT molecular complexity index is 670. The molecule has 0 saturated heterocycles. The Labute approximate surface area is 98.5 Å². The molecular weight excluding hydrogens is 212 g/mol. The van der Waals surface area contributed by atoms with Crippen molar-refractivity contribution in [2.24, 2.45) is 0 Å². The van der Waals surface area contributed by atoms with Crippen molar-refractivity contribution in [2.45, 2.75) is 6.92 Å². The van der Waals surface area contributed by atoms with E-state index in [0.29, 0.717) is 5.69 Å². The molecule has 0 fully saturated rings. The highest BCUT2D eigenvalue weighted by Crippen LogP contribution is 2.29. The SMILES string of the molecule is Cc1nc2c(N)c(-c3ccccn3)ccc2[nH]1. The molecular formula is C13H12N4. The van der Waals surface area contributed by atoms with Crippen molar-refractivity contribution in [3.8, 4) is 11.3 Å². The van der Waals surface area contributed by atoms with E-state index >= 15 is 0 Å². The van der Waals surface area contributed by atoms with Crippen LogP contribution in [0.3, 0.4) is 0 Å². The molecule has 0 atom stereocenters. The summed E-state index contributed by atoms with van der Waals surface area (Å²) in [4.78, 5) is 11.9. The fourth-order valence-electron chi connectivity index (χ4n) is 1.97. The van der Waals surface area contributed by atoms with Crippen LogP contribution in [-0.4, -0.2) is 15.0 Å². The van der Waals surface area contributed by atoms with E-state index in [-0.39, 0.29) is 0 Å². The van der Waals surface area contributed by atoms with Crippen molar-refractivity contribution >= 4 is 16.7 Å². The second-order valence-corrected chi connectivity index (χ2v) is 3.96. The van der Waals surface area contributed by atoms with Crippen LogP contribution in [0.1, 0.15) is 5.82 Å². The van der Waals surface area contributed by atoms with Crippen LogP contribution in [0.5, 0.6) is 0 Å². The molecule has 1 aromatic carbocycles. The number of nitrogen functional groups attached to an aromatic ring is 1. The number of anilines is 1. The number of nitrogens with two attached hydrogens (primary N) is 1. The van der Waals surface area contributed by atoms with Gasteiger partial charge in [-0.15, -0.1) is 0 Å². The van der Waals surface area contributed by atoms with E-state index in [1.54, 1.807) is 6.20 Å². The number of H-pyrrole nitrogens is 1. The number of nitrogens with zero attached hydrogens (tertiary/aromatic N) is 2. The molecule has 4 heteroatoms. The van der Waals surface area contributed by atoms with Gasteiger partial charge in [0.15, 0.2) is 0 Å². The predicted octanol–water partition coefficient (Wildman–Crippen LogP) is 2.52. The average Bonchev–Trinajstić information content (AvgIpc) is 2.72. The summed E-state index contributed by atoms with van der Waals surface area (Å²) in [7, 11) is 0. The number of rotatable bonds is 1. The zero-order valence-electron chi connectivity index (χ0n) is 9.44. The number of fused-ring (bicyclic) bond motifs is 1. The fourth-order valence-corrected chi connectivity index (χ4v) is 1.97. The minimum absolute atomic E-state index is 0.672. The van der Waals surface area contributed by atoms with E-state index in [1.165, 1.54) is 0 Å². The summed E-state index contributed by atoms with van der Waals surface area (Å²) in [6, 6.07) is 9.73. The third-order valence-electron chi connectivity index (χ3n) is 2.75. The van der Waals surface area contributed by atoms with E-state index in [0.717, 1.165) is 28.1 Å². The van der Waals surface area contributed by atoms with Gasteiger partial charge in [0.05, 0.1) is 16.9 Å². The lowest BCUT2D eigenvalue weighted by Crippen LogP contribution is -1.93. The molecule has 3 aromatic rings. The van der Waals surface area contributed by atoms with E-state index < -0.39 is 0 Å². The van der Waals surface area contributed by atoms with Gasteiger partial charge in [-0.05, 0) is 31.2 Å². The molecule has 3 rings (SSSR count). The molecule has 0 bridgehead atoms. The molecule has 3 N–H and O–H groups in total. The van der Waals surface area contributed by atoms with Gasteiger partial charge in [-0.3, -0.25) is 4.98 Å². The van der Waals surface area contributed by atoms with Crippen LogP contribution in [0, 0.1) is 6.92 Å². The molecule has 0 aliphatic carbocycles. The maximum atomic E-state index is 6.14. The lowest BCUT2D eigenvalue weighted by atomic mass is 10.1. The predicted molar refractivity (Wildman–Crippen MR) is 68.5 cm³/mol. The quantitative estimate of drug-likeness (QED) is 0.624. The molecule has 0 spiro atoms. The zero-order chi connectivity index (χ0) is 11.8. The normalized spacial score (nSPS) is 10.9. The van der Waals surface area contributed by atoms with Gasteiger partial charge in [-0.2, -0.15) is 0 Å². The van der Waals surface area contributed by atoms with Crippen molar-refractivity contribution in [3.63, 3.8) is 0 Å². The molecule has 17 heavy (non-hydrogen) atoms. The second-order valence-electron chi connectivity index (χ2n) is 3.96. The molecule has 0 saturated carbocycles. The van der Waals surface area contributed by atoms with Crippen LogP contribution in [0.25, 0.3) is 22.3 Å². The molecule has 0 unspecified atom stereocenters. The number of hydrogen-bond donors (Lipinski definition) is 2. The highest BCUT2D eigenvalue weighted by atomic mass is 14.9. The highest BCUT2D eigenvalue weighted by Gasteiger charge is 2.09. The summed E-state index contributed by atoms with van der Waals surface area (Å²) >= 11 is 0. The minimum Gasteiger partial charge on any atom is -0.396 e.